The first-order chi connectivity index (χ1) is 6.45. The van der Waals surface area contributed by atoms with Crippen molar-refractivity contribution in [1.82, 2.24) is 0 Å². The highest BCUT2D eigenvalue weighted by Crippen LogP contribution is 2.20. The van der Waals surface area contributed by atoms with Crippen molar-refractivity contribution in [2.24, 2.45) is 0 Å². The molecular formula is C8H7Cl2FO2S. The number of alkyl halides is 1. The van der Waals surface area contributed by atoms with Crippen molar-refractivity contribution in [3.63, 3.8) is 0 Å². The van der Waals surface area contributed by atoms with Gasteiger partial charge in [-0.05, 0) is 24.1 Å². The molecule has 0 aliphatic rings. The van der Waals surface area contributed by atoms with Crippen molar-refractivity contribution in [3.8, 4) is 0 Å². The minimum Gasteiger partial charge on any atom is -0.207 e. The lowest BCUT2D eigenvalue weighted by atomic mass is 10.2. The average Bonchev–Trinajstić information content (AvgIpc) is 2.07. The molecule has 0 saturated heterocycles. The van der Waals surface area contributed by atoms with Crippen molar-refractivity contribution in [3.05, 3.63) is 29.6 Å². The summed E-state index contributed by atoms with van der Waals surface area (Å²) in [4.78, 5) is -0.498. The highest BCUT2D eigenvalue weighted by atomic mass is 35.7. The molecular weight excluding hydrogens is 250 g/mol. The zero-order chi connectivity index (χ0) is 10.8. The first-order valence-corrected chi connectivity index (χ1v) is 6.58. The van der Waals surface area contributed by atoms with Crippen molar-refractivity contribution < 1.29 is 12.8 Å². The Hall–Kier alpha value is -0.320. The molecule has 0 aliphatic carbocycles. The van der Waals surface area contributed by atoms with Gasteiger partial charge >= 0.3 is 0 Å². The zero-order valence-electron chi connectivity index (χ0n) is 7.00. The van der Waals surface area contributed by atoms with E-state index in [2.05, 4.69) is 0 Å². The number of aryl methyl sites for hydroxylation is 1. The summed E-state index contributed by atoms with van der Waals surface area (Å²) >= 11 is 5.47. The smallest absolute Gasteiger partial charge is 0.207 e. The minimum absolute atomic E-state index is 0.341. The maximum Gasteiger partial charge on any atom is 0.264 e. The first-order valence-electron chi connectivity index (χ1n) is 3.74. The van der Waals surface area contributed by atoms with Crippen LogP contribution in [0.3, 0.4) is 0 Å². The van der Waals surface area contributed by atoms with Crippen molar-refractivity contribution in [2.75, 3.05) is 5.88 Å². The monoisotopic (exact) mass is 256 g/mol. The maximum atomic E-state index is 13.0. The Bertz CT molecular complexity index is 431. The highest BCUT2D eigenvalue weighted by Gasteiger charge is 2.16. The summed E-state index contributed by atoms with van der Waals surface area (Å²) in [7, 11) is 1.02. The summed E-state index contributed by atoms with van der Waals surface area (Å²) in [6.45, 7) is 0. The van der Waals surface area contributed by atoms with E-state index in [1.54, 1.807) is 0 Å². The zero-order valence-corrected chi connectivity index (χ0v) is 9.33. The van der Waals surface area contributed by atoms with Gasteiger partial charge in [0.1, 0.15) is 10.7 Å². The Morgan fingerprint density at radius 1 is 1.36 bits per heavy atom. The van der Waals surface area contributed by atoms with E-state index in [0.717, 1.165) is 6.07 Å². The Morgan fingerprint density at radius 3 is 2.50 bits per heavy atom. The van der Waals surface area contributed by atoms with E-state index < -0.39 is 19.8 Å². The molecule has 0 aliphatic heterocycles. The lowest BCUT2D eigenvalue weighted by Crippen LogP contribution is -1.97. The molecule has 0 bridgehead atoms. The number of hydrogen-bond acceptors (Lipinski definition) is 2. The quantitative estimate of drug-likeness (QED) is 0.616. The molecule has 0 heterocycles. The van der Waals surface area contributed by atoms with Gasteiger partial charge in [-0.2, -0.15) is 0 Å². The van der Waals surface area contributed by atoms with Gasteiger partial charge in [0.2, 0.25) is 0 Å². The molecule has 0 fully saturated rings. The second-order valence-electron chi connectivity index (χ2n) is 2.64. The second kappa shape index (κ2) is 4.47. The second-order valence-corrected chi connectivity index (χ2v) is 5.55. The summed E-state index contributed by atoms with van der Waals surface area (Å²) in [5, 5.41) is 0. The summed E-state index contributed by atoms with van der Waals surface area (Å²) in [6, 6.07) is 3.74. The van der Waals surface area contributed by atoms with Crippen LogP contribution in [0, 0.1) is 5.82 Å². The number of rotatable bonds is 3. The molecule has 1 aromatic rings. The van der Waals surface area contributed by atoms with Crippen LogP contribution in [-0.4, -0.2) is 14.3 Å². The molecule has 0 spiro atoms. The van der Waals surface area contributed by atoms with E-state index in [1.165, 1.54) is 12.1 Å². The standard InChI is InChI=1S/C8H7Cl2FO2S/c9-4-3-6-1-2-7(11)8(5-6)14(10,12)13/h1-2,5H,3-4H2. The highest BCUT2D eigenvalue weighted by molar-refractivity contribution is 8.13. The molecule has 0 atom stereocenters. The summed E-state index contributed by atoms with van der Waals surface area (Å²) in [5.41, 5.74) is 0.639. The molecule has 0 saturated carbocycles. The van der Waals surface area contributed by atoms with E-state index in [-0.39, 0.29) is 0 Å². The Balaban J connectivity index is 3.22. The van der Waals surface area contributed by atoms with Gasteiger partial charge in [0.15, 0.2) is 0 Å². The lowest BCUT2D eigenvalue weighted by Gasteiger charge is -2.02. The number of hydrogen-bond donors (Lipinski definition) is 0. The van der Waals surface area contributed by atoms with Crippen LogP contribution in [0.15, 0.2) is 23.1 Å². The molecule has 2 nitrogen and oxygen atoms in total. The van der Waals surface area contributed by atoms with E-state index in [1.807, 2.05) is 0 Å². The third kappa shape index (κ3) is 2.83. The van der Waals surface area contributed by atoms with Crippen LogP contribution in [0.2, 0.25) is 0 Å². The SMILES string of the molecule is O=S(=O)(Cl)c1cc(CCCl)ccc1F. The van der Waals surface area contributed by atoms with Crippen LogP contribution >= 0.6 is 22.3 Å². The molecule has 78 valence electrons. The fourth-order valence-electron chi connectivity index (χ4n) is 0.999. The summed E-state index contributed by atoms with van der Waals surface area (Å²) in [5.74, 6) is -0.508. The van der Waals surface area contributed by atoms with Crippen LogP contribution in [0.4, 0.5) is 4.39 Å². The normalized spacial score (nSPS) is 11.6. The van der Waals surface area contributed by atoms with E-state index in [4.69, 9.17) is 22.3 Å². The van der Waals surface area contributed by atoms with Crippen LogP contribution in [-0.2, 0) is 15.5 Å². The van der Waals surface area contributed by atoms with Crippen LogP contribution in [0.5, 0.6) is 0 Å². The first kappa shape index (κ1) is 11.8. The third-order valence-electron chi connectivity index (χ3n) is 1.64. The van der Waals surface area contributed by atoms with Crippen LogP contribution in [0.25, 0.3) is 0 Å². The number of benzene rings is 1. The summed E-state index contributed by atoms with van der Waals surface area (Å²) in [6.07, 6.45) is 0.473. The Morgan fingerprint density at radius 2 is 2.00 bits per heavy atom. The van der Waals surface area contributed by atoms with Gasteiger partial charge in [-0.15, -0.1) is 11.6 Å². The Kier molecular flexibility index (Phi) is 3.75. The van der Waals surface area contributed by atoms with E-state index >= 15 is 0 Å². The Labute approximate surface area is 91.1 Å². The molecule has 0 N–H and O–H groups in total. The predicted molar refractivity (Wildman–Crippen MR) is 53.9 cm³/mol. The third-order valence-corrected chi connectivity index (χ3v) is 3.17. The molecule has 0 unspecified atom stereocenters. The largest absolute Gasteiger partial charge is 0.264 e. The molecule has 0 aromatic heterocycles. The summed E-state index contributed by atoms with van der Waals surface area (Å²) < 4.78 is 34.8. The lowest BCUT2D eigenvalue weighted by molar-refractivity contribution is 0.574. The molecule has 0 amide bonds. The molecule has 6 heteroatoms. The van der Waals surface area contributed by atoms with Crippen molar-refractivity contribution >= 4 is 31.3 Å². The fraction of sp³-hybridized carbons (Fsp3) is 0.250. The molecule has 14 heavy (non-hydrogen) atoms. The van der Waals surface area contributed by atoms with Gasteiger partial charge in [-0.1, -0.05) is 6.07 Å². The average molecular weight is 257 g/mol. The molecule has 0 radical (unpaired) electrons. The van der Waals surface area contributed by atoms with Crippen molar-refractivity contribution in [2.45, 2.75) is 11.3 Å². The van der Waals surface area contributed by atoms with Crippen molar-refractivity contribution in [1.29, 1.82) is 0 Å². The maximum absolute atomic E-state index is 13.0. The van der Waals surface area contributed by atoms with Crippen LogP contribution < -0.4 is 0 Å². The van der Waals surface area contributed by atoms with Gasteiger partial charge in [0.25, 0.3) is 9.05 Å². The van der Waals surface area contributed by atoms with E-state index in [9.17, 15) is 12.8 Å². The van der Waals surface area contributed by atoms with Gasteiger partial charge in [-0.3, -0.25) is 0 Å². The van der Waals surface area contributed by atoms with Crippen LogP contribution in [0.1, 0.15) is 5.56 Å². The number of halogens is 3. The fourth-order valence-corrected chi connectivity index (χ4v) is 2.17. The topological polar surface area (TPSA) is 34.1 Å². The van der Waals surface area contributed by atoms with E-state index in [0.29, 0.717) is 17.9 Å². The molecule has 1 rings (SSSR count). The molecule has 1 aromatic carbocycles. The van der Waals surface area contributed by atoms with Gasteiger partial charge < -0.3 is 0 Å². The minimum atomic E-state index is -4.02. The van der Waals surface area contributed by atoms with Gasteiger partial charge in [0, 0.05) is 16.6 Å². The van der Waals surface area contributed by atoms with Gasteiger partial charge in [0.05, 0.1) is 0 Å². The predicted octanol–water partition coefficient (Wildman–Crippen LogP) is 2.53. The van der Waals surface area contributed by atoms with Gasteiger partial charge in [-0.25, -0.2) is 12.8 Å².